The number of carboxylic acids is 1. The Balaban J connectivity index is 1.64. The number of nitrogens with one attached hydrogen (secondary N) is 3. The van der Waals surface area contributed by atoms with Crippen LogP contribution in [0.4, 0.5) is 0 Å². The number of hydrogen-bond acceptors (Lipinski definition) is 12. The monoisotopic (exact) mass is 790 g/mol. The Morgan fingerprint density at radius 2 is 1.87 bits per heavy atom. The third-order valence-corrected chi connectivity index (χ3v) is 11.2. The Labute approximate surface area is 324 Å². The first-order valence-electron chi connectivity index (χ1n) is 18.7. The zero-order chi connectivity index (χ0) is 41.1. The molecular weight excluding hydrogens is 733 g/mol. The van der Waals surface area contributed by atoms with Crippen molar-refractivity contribution in [1.29, 1.82) is 0 Å². The van der Waals surface area contributed by atoms with Crippen LogP contribution in [-0.4, -0.2) is 87.8 Å². The number of carbonyl (C=O) groups excluding carboxylic acids is 2. The number of carbonyl (C=O) groups is 3. The number of hydrogen-bond donors (Lipinski definition) is 6. The summed E-state index contributed by atoms with van der Waals surface area (Å²) >= 11 is 0. The van der Waals surface area contributed by atoms with Gasteiger partial charge < -0.3 is 35.8 Å². The van der Waals surface area contributed by atoms with E-state index in [4.69, 9.17) is 20.0 Å². The summed E-state index contributed by atoms with van der Waals surface area (Å²) in [5.74, 6) is -3.09. The number of β-lactam (4-membered cyclic amide) rings is 1. The molecule has 4 rings (SSSR count). The molecular formula is C38H58N6O10S. The van der Waals surface area contributed by atoms with Crippen LogP contribution in [-0.2, 0) is 40.7 Å². The highest BCUT2D eigenvalue weighted by atomic mass is 32.2. The van der Waals surface area contributed by atoms with Crippen LogP contribution in [0.1, 0.15) is 116 Å². The molecule has 1 aromatic rings. The summed E-state index contributed by atoms with van der Waals surface area (Å²) in [5, 5.41) is 22.6. The minimum atomic E-state index is -5.13. The molecule has 306 valence electrons. The second-order valence-corrected chi connectivity index (χ2v) is 17.3. The van der Waals surface area contributed by atoms with E-state index in [0.717, 1.165) is 60.9 Å². The van der Waals surface area contributed by atoms with Gasteiger partial charge in [0.25, 0.3) is 11.8 Å². The number of benzene rings is 1. The van der Waals surface area contributed by atoms with Gasteiger partial charge in [0.15, 0.2) is 24.8 Å². The molecule has 0 saturated carbocycles. The number of amides is 2. The molecule has 2 amide bonds. The van der Waals surface area contributed by atoms with E-state index in [9.17, 15) is 32.5 Å². The van der Waals surface area contributed by atoms with Crippen molar-refractivity contribution in [2.24, 2.45) is 10.9 Å². The number of oxime groups is 1. The number of nitrogens with two attached hydrogens (primary N) is 1. The van der Waals surface area contributed by atoms with Crippen molar-refractivity contribution < 1.29 is 46.8 Å². The largest absolute Gasteiger partial charge is 0.478 e. The van der Waals surface area contributed by atoms with Gasteiger partial charge in [0.2, 0.25) is 5.60 Å². The molecule has 2 aliphatic heterocycles. The smallest absolute Gasteiger partial charge is 0.364 e. The van der Waals surface area contributed by atoms with Crippen LogP contribution in [0.15, 0.2) is 41.2 Å². The summed E-state index contributed by atoms with van der Waals surface area (Å²) in [5.41, 5.74) is 6.97. The van der Waals surface area contributed by atoms with Crippen molar-refractivity contribution in [2.45, 2.75) is 148 Å². The van der Waals surface area contributed by atoms with Crippen LogP contribution >= 0.6 is 0 Å². The molecule has 3 aliphatic rings. The Hall–Kier alpha value is -4.03. The number of rotatable bonds is 18. The molecule has 2 saturated heterocycles. The van der Waals surface area contributed by atoms with Crippen LogP contribution in [0.5, 0.6) is 5.75 Å². The second-order valence-electron chi connectivity index (χ2n) is 16.0. The normalized spacial score (nSPS) is 27.2. The number of aryl methyl sites for hydroxylation is 2. The lowest BCUT2D eigenvalue weighted by molar-refractivity contribution is -0.179. The number of ether oxygens (including phenoxy) is 2. The minimum absolute atomic E-state index is 0.0299. The fourth-order valence-corrected chi connectivity index (χ4v) is 8.12. The molecule has 2 heterocycles. The van der Waals surface area contributed by atoms with Crippen molar-refractivity contribution in [3.63, 3.8) is 0 Å². The average Bonchev–Trinajstić information content (AvgIpc) is 3.35. The summed E-state index contributed by atoms with van der Waals surface area (Å²) in [4.78, 5) is 44.1. The molecule has 2 fully saturated rings. The predicted molar refractivity (Wildman–Crippen MR) is 206 cm³/mol. The number of aliphatic carboxylic acids is 1. The molecule has 6 atom stereocenters. The van der Waals surface area contributed by atoms with Gasteiger partial charge in [-0.25, -0.2) is 4.79 Å². The van der Waals surface area contributed by atoms with Gasteiger partial charge in [0.05, 0.1) is 11.2 Å². The Bertz CT molecular complexity index is 1830. The molecule has 0 radical (unpaired) electrons. The molecule has 0 spiro atoms. The summed E-state index contributed by atoms with van der Waals surface area (Å²) in [6.07, 6.45) is 6.87. The zero-order valence-electron chi connectivity index (χ0n) is 33.2. The van der Waals surface area contributed by atoms with Gasteiger partial charge in [0.1, 0.15) is 5.75 Å². The van der Waals surface area contributed by atoms with E-state index in [1.807, 2.05) is 19.9 Å². The maximum Gasteiger partial charge on any atom is 0.364 e. The van der Waals surface area contributed by atoms with Crippen molar-refractivity contribution in [3.05, 3.63) is 52.7 Å². The first-order chi connectivity index (χ1) is 25.5. The lowest BCUT2D eigenvalue weighted by Gasteiger charge is -2.43. The van der Waals surface area contributed by atoms with Gasteiger partial charge in [-0.3, -0.25) is 19.5 Å². The Morgan fingerprint density at radius 3 is 2.45 bits per heavy atom. The number of nitrogens with zero attached hydrogens (tertiary/aromatic N) is 2. The highest BCUT2D eigenvalue weighted by Crippen LogP contribution is 2.40. The molecule has 7 N–H and O–H groups in total. The summed E-state index contributed by atoms with van der Waals surface area (Å²) in [7, 11) is -5.13. The van der Waals surface area contributed by atoms with Gasteiger partial charge in [-0.2, -0.15) is 12.7 Å². The van der Waals surface area contributed by atoms with Crippen molar-refractivity contribution >= 4 is 33.8 Å². The fourth-order valence-electron chi connectivity index (χ4n) is 7.33. The van der Waals surface area contributed by atoms with Crippen LogP contribution in [0.3, 0.4) is 0 Å². The van der Waals surface area contributed by atoms with Gasteiger partial charge in [0, 0.05) is 23.2 Å². The highest BCUT2D eigenvalue weighted by Gasteiger charge is 2.57. The summed E-state index contributed by atoms with van der Waals surface area (Å²) < 4.78 is 46.9. The van der Waals surface area contributed by atoms with Gasteiger partial charge in [-0.15, -0.1) is 0 Å². The standard InChI is InChI=1S/C38H58N6O10S/c1-10-11-12-13-25-19-24(5)29(26-18-23(4)14-15-27(26)40-22(2)3)28(20-25)52-21-53-34-30(33(46)44(34)55(49,50)51)41-32(45)31(42-54-36(6,7)35(47)48)37(8)16-17-38(9,39)43-37/h18-20,26-27,30,34,40,43H,2,10-17,21,39H2,1,3-9H3,(H,41,45)(H,47,48)(H,49,50,51)/b42-31+/t26-,27-,30-,34?,37?,38?/m1/s1. The Kier molecular flexibility index (Phi) is 13.5. The maximum atomic E-state index is 13.9. The second kappa shape index (κ2) is 17.0. The van der Waals surface area contributed by atoms with E-state index in [-0.39, 0.29) is 28.4 Å². The summed E-state index contributed by atoms with van der Waals surface area (Å²) in [6.45, 7) is 17.4. The molecule has 16 nitrogen and oxygen atoms in total. The van der Waals surface area contributed by atoms with Crippen LogP contribution in [0.2, 0.25) is 0 Å². The number of unbranched alkanes of at least 4 members (excludes halogenated alkanes) is 2. The highest BCUT2D eigenvalue weighted by molar-refractivity contribution is 7.84. The number of allylic oxidation sites excluding steroid dienone is 2. The van der Waals surface area contributed by atoms with Crippen molar-refractivity contribution in [2.75, 3.05) is 6.79 Å². The first kappa shape index (κ1) is 43.7. The molecule has 0 bridgehead atoms. The maximum absolute atomic E-state index is 13.9. The fraction of sp³-hybridized carbons (Fsp3) is 0.632. The molecule has 17 heteroatoms. The topological polar surface area (TPSA) is 231 Å². The molecule has 0 aromatic heterocycles. The van der Waals surface area contributed by atoms with Gasteiger partial charge >= 0.3 is 16.3 Å². The SMILES string of the molecule is C=C(C)N[C@@H]1CCC(C)=C[C@H]1c1c(C)cc(CCCCC)cc1OCOC1[C@H](NC(=O)/C(=N\OC(C)(C)C(=O)O)C2(C)CCC(C)(N)N2)C(=O)N1S(=O)(=O)O. The zero-order valence-corrected chi connectivity index (χ0v) is 34.0. The van der Waals surface area contributed by atoms with E-state index in [2.05, 4.69) is 53.7 Å². The van der Waals surface area contributed by atoms with Crippen LogP contribution < -0.4 is 26.4 Å². The van der Waals surface area contributed by atoms with E-state index >= 15 is 0 Å². The van der Waals surface area contributed by atoms with E-state index < -0.39 is 64.0 Å². The predicted octanol–water partition coefficient (Wildman–Crippen LogP) is 3.90. The average molecular weight is 791 g/mol. The van der Waals surface area contributed by atoms with Gasteiger partial charge in [-0.1, -0.05) is 49.2 Å². The lowest BCUT2D eigenvalue weighted by atomic mass is 9.79. The minimum Gasteiger partial charge on any atom is -0.478 e. The third-order valence-electron chi connectivity index (χ3n) is 10.3. The third kappa shape index (κ3) is 10.4. The van der Waals surface area contributed by atoms with E-state index in [1.54, 1.807) is 13.8 Å². The molecule has 1 aliphatic carbocycles. The van der Waals surface area contributed by atoms with Crippen molar-refractivity contribution in [1.82, 2.24) is 20.3 Å². The quantitative estimate of drug-likeness (QED) is 0.0236. The lowest BCUT2D eigenvalue weighted by Crippen LogP contribution is -2.74. The Morgan fingerprint density at radius 1 is 1.18 bits per heavy atom. The summed E-state index contributed by atoms with van der Waals surface area (Å²) in [6, 6.07) is 2.52. The number of carboxylic acid groups (broad SMARTS) is 1. The molecule has 55 heavy (non-hydrogen) atoms. The van der Waals surface area contributed by atoms with Crippen LogP contribution in [0.25, 0.3) is 0 Å². The van der Waals surface area contributed by atoms with E-state index in [0.29, 0.717) is 12.2 Å². The van der Waals surface area contributed by atoms with Crippen LogP contribution in [0, 0.1) is 6.92 Å². The van der Waals surface area contributed by atoms with E-state index in [1.165, 1.54) is 19.4 Å². The molecule has 1 aromatic carbocycles. The van der Waals surface area contributed by atoms with Crippen molar-refractivity contribution in [3.8, 4) is 5.75 Å². The van der Waals surface area contributed by atoms with Gasteiger partial charge in [-0.05, 0) is 104 Å². The first-order valence-corrected chi connectivity index (χ1v) is 20.1. The molecule has 3 unspecified atom stereocenters.